The Morgan fingerprint density at radius 1 is 1.04 bits per heavy atom. The van der Waals surface area contributed by atoms with Crippen LogP contribution in [0.15, 0.2) is 0 Å². The number of rotatable bonds is 5. The highest BCUT2D eigenvalue weighted by atomic mass is 16.2. The number of carbonyl (C=O) groups excluding carboxylic acids is 1. The summed E-state index contributed by atoms with van der Waals surface area (Å²) in [6.07, 6.45) is 11.9. The van der Waals surface area contributed by atoms with Gasteiger partial charge in [0.1, 0.15) is 0 Å². The number of hydrogen-bond acceptors (Lipinski definition) is 2. The molecule has 0 unspecified atom stereocenters. The number of amides is 2. The summed E-state index contributed by atoms with van der Waals surface area (Å²) >= 11 is 0. The molecule has 4 aliphatic carbocycles. The predicted molar refractivity (Wildman–Crippen MR) is 97.0 cm³/mol. The monoisotopic (exact) mass is 333 g/mol. The highest BCUT2D eigenvalue weighted by Gasteiger charge is 2.55. The SMILES string of the molecule is CCCCCN(C(=O)N1CCNCC1)C12CC3CC(CC(C3)C1)C2. The van der Waals surface area contributed by atoms with Gasteiger partial charge in [0.2, 0.25) is 0 Å². The first kappa shape index (κ1) is 16.7. The number of hydrogen-bond donors (Lipinski definition) is 1. The lowest BCUT2D eigenvalue weighted by molar-refractivity contribution is -0.0754. The lowest BCUT2D eigenvalue weighted by Gasteiger charge is -2.61. The van der Waals surface area contributed by atoms with Crippen LogP contribution in [-0.2, 0) is 0 Å². The van der Waals surface area contributed by atoms with Gasteiger partial charge in [-0.3, -0.25) is 0 Å². The second-order valence-electron chi connectivity index (χ2n) is 9.02. The van der Waals surface area contributed by atoms with Crippen molar-refractivity contribution >= 4 is 6.03 Å². The van der Waals surface area contributed by atoms with Crippen molar-refractivity contribution in [3.63, 3.8) is 0 Å². The van der Waals surface area contributed by atoms with Gasteiger partial charge in [0, 0.05) is 38.3 Å². The second-order valence-corrected chi connectivity index (χ2v) is 9.02. The fraction of sp³-hybridized carbons (Fsp3) is 0.950. The zero-order valence-corrected chi connectivity index (χ0v) is 15.4. The molecule has 0 atom stereocenters. The Morgan fingerprint density at radius 2 is 1.62 bits per heavy atom. The normalized spacial score (nSPS) is 37.7. The van der Waals surface area contributed by atoms with E-state index in [4.69, 9.17) is 0 Å². The molecule has 0 aromatic heterocycles. The fourth-order valence-electron chi connectivity index (χ4n) is 6.48. The topological polar surface area (TPSA) is 35.6 Å². The Balaban J connectivity index is 1.54. The summed E-state index contributed by atoms with van der Waals surface area (Å²) in [4.78, 5) is 17.9. The van der Waals surface area contributed by atoms with Crippen LogP contribution in [0.3, 0.4) is 0 Å². The number of piperazine rings is 1. The van der Waals surface area contributed by atoms with Gasteiger partial charge in [-0.15, -0.1) is 0 Å². The van der Waals surface area contributed by atoms with Crippen molar-refractivity contribution in [1.82, 2.24) is 15.1 Å². The number of carbonyl (C=O) groups is 1. The molecule has 24 heavy (non-hydrogen) atoms. The smallest absolute Gasteiger partial charge is 0.320 e. The van der Waals surface area contributed by atoms with E-state index in [0.717, 1.165) is 50.5 Å². The van der Waals surface area contributed by atoms with E-state index in [1.165, 1.54) is 57.8 Å². The van der Waals surface area contributed by atoms with Crippen LogP contribution in [0.2, 0.25) is 0 Å². The molecular weight excluding hydrogens is 298 g/mol. The first-order valence-electron chi connectivity index (χ1n) is 10.5. The Labute approximate surface area is 147 Å². The molecule has 2 amide bonds. The molecule has 4 heteroatoms. The maximum atomic E-state index is 13.4. The van der Waals surface area contributed by atoms with Gasteiger partial charge in [-0.25, -0.2) is 4.79 Å². The molecule has 0 radical (unpaired) electrons. The van der Waals surface area contributed by atoms with Crippen molar-refractivity contribution < 1.29 is 4.79 Å². The van der Waals surface area contributed by atoms with Crippen LogP contribution in [0.1, 0.15) is 64.7 Å². The largest absolute Gasteiger partial charge is 0.322 e. The van der Waals surface area contributed by atoms with Gasteiger partial charge < -0.3 is 15.1 Å². The maximum absolute atomic E-state index is 13.4. The highest BCUT2D eigenvalue weighted by molar-refractivity contribution is 5.75. The molecule has 0 spiro atoms. The molecule has 5 fully saturated rings. The van der Waals surface area contributed by atoms with Crippen molar-refractivity contribution in [3.8, 4) is 0 Å². The van der Waals surface area contributed by atoms with Crippen molar-refractivity contribution in [2.45, 2.75) is 70.3 Å². The van der Waals surface area contributed by atoms with Crippen molar-refractivity contribution in [2.24, 2.45) is 17.8 Å². The first-order valence-corrected chi connectivity index (χ1v) is 10.5. The van der Waals surface area contributed by atoms with Crippen LogP contribution >= 0.6 is 0 Å². The summed E-state index contributed by atoms with van der Waals surface area (Å²) in [6, 6.07) is 0.356. The molecule has 5 rings (SSSR count). The molecule has 1 N–H and O–H groups in total. The van der Waals surface area contributed by atoms with Crippen molar-refractivity contribution in [2.75, 3.05) is 32.7 Å². The zero-order valence-electron chi connectivity index (χ0n) is 15.4. The standard InChI is InChI=1S/C20H35N3O/c1-2-3-4-7-23(19(24)22-8-5-21-6-9-22)20-13-16-10-17(14-20)12-18(11-16)15-20/h16-18,21H,2-15H2,1H3. The highest BCUT2D eigenvalue weighted by Crippen LogP contribution is 2.58. The van der Waals surface area contributed by atoms with Gasteiger partial charge in [0.25, 0.3) is 0 Å². The zero-order chi connectivity index (χ0) is 16.6. The van der Waals surface area contributed by atoms with E-state index in [-0.39, 0.29) is 5.54 Å². The average Bonchev–Trinajstić information content (AvgIpc) is 2.58. The minimum absolute atomic E-state index is 0.213. The molecule has 136 valence electrons. The van der Waals surface area contributed by atoms with Crippen LogP contribution in [0.25, 0.3) is 0 Å². The third-order valence-electron chi connectivity index (χ3n) is 7.18. The fourth-order valence-corrected chi connectivity index (χ4v) is 6.48. The Bertz CT molecular complexity index is 423. The lowest BCUT2D eigenvalue weighted by Crippen LogP contribution is -2.64. The number of urea groups is 1. The lowest BCUT2D eigenvalue weighted by atomic mass is 9.52. The van der Waals surface area contributed by atoms with Gasteiger partial charge >= 0.3 is 6.03 Å². The minimum atomic E-state index is 0.213. The van der Waals surface area contributed by atoms with Gasteiger partial charge in [-0.05, 0) is 62.7 Å². The molecule has 1 heterocycles. The molecule has 1 aliphatic heterocycles. The number of unbranched alkanes of at least 4 members (excludes halogenated alkanes) is 2. The van der Waals surface area contributed by atoms with Crippen molar-refractivity contribution in [3.05, 3.63) is 0 Å². The van der Waals surface area contributed by atoms with E-state index in [2.05, 4.69) is 22.0 Å². The summed E-state index contributed by atoms with van der Waals surface area (Å²) in [7, 11) is 0. The molecule has 1 saturated heterocycles. The maximum Gasteiger partial charge on any atom is 0.320 e. The average molecular weight is 334 g/mol. The van der Waals surface area contributed by atoms with E-state index < -0.39 is 0 Å². The van der Waals surface area contributed by atoms with Gasteiger partial charge in [-0.2, -0.15) is 0 Å². The summed E-state index contributed by atoms with van der Waals surface area (Å²) < 4.78 is 0. The molecule has 4 saturated carbocycles. The van der Waals surface area contributed by atoms with Crippen LogP contribution in [0.4, 0.5) is 4.79 Å². The molecule has 4 bridgehead atoms. The van der Waals surface area contributed by atoms with E-state index in [9.17, 15) is 4.79 Å². The molecule has 5 aliphatic rings. The van der Waals surface area contributed by atoms with Crippen LogP contribution in [0, 0.1) is 17.8 Å². The quantitative estimate of drug-likeness (QED) is 0.782. The van der Waals surface area contributed by atoms with Gasteiger partial charge in [-0.1, -0.05) is 19.8 Å². The van der Waals surface area contributed by atoms with E-state index >= 15 is 0 Å². The van der Waals surface area contributed by atoms with Crippen LogP contribution in [-0.4, -0.2) is 54.1 Å². The van der Waals surface area contributed by atoms with E-state index in [1.807, 2.05) is 0 Å². The first-order chi connectivity index (χ1) is 11.7. The third kappa shape index (κ3) is 3.07. The summed E-state index contributed by atoms with van der Waals surface area (Å²) in [5.74, 6) is 2.71. The van der Waals surface area contributed by atoms with Gasteiger partial charge in [0.15, 0.2) is 0 Å². The van der Waals surface area contributed by atoms with Crippen LogP contribution in [0.5, 0.6) is 0 Å². The third-order valence-corrected chi connectivity index (χ3v) is 7.18. The van der Waals surface area contributed by atoms with E-state index in [1.54, 1.807) is 0 Å². The molecular formula is C20H35N3O. The summed E-state index contributed by atoms with van der Waals surface area (Å²) in [5, 5.41) is 3.38. The Morgan fingerprint density at radius 3 is 2.17 bits per heavy atom. The molecule has 0 aromatic rings. The number of nitrogens with one attached hydrogen (secondary N) is 1. The predicted octanol–water partition coefficient (Wildman–Crippen LogP) is 3.47. The Kier molecular flexibility index (Phi) is 4.77. The second kappa shape index (κ2) is 6.86. The minimum Gasteiger partial charge on any atom is -0.322 e. The van der Waals surface area contributed by atoms with Gasteiger partial charge in [0.05, 0.1) is 0 Å². The summed E-state index contributed by atoms with van der Waals surface area (Å²) in [5.41, 5.74) is 0.213. The summed E-state index contributed by atoms with van der Waals surface area (Å²) in [6.45, 7) is 6.92. The van der Waals surface area contributed by atoms with E-state index in [0.29, 0.717) is 6.03 Å². The van der Waals surface area contributed by atoms with Crippen LogP contribution < -0.4 is 5.32 Å². The molecule has 4 nitrogen and oxygen atoms in total. The number of nitrogens with zero attached hydrogens (tertiary/aromatic N) is 2. The Hall–Kier alpha value is -0.770. The van der Waals surface area contributed by atoms with Crippen molar-refractivity contribution in [1.29, 1.82) is 0 Å². The molecule has 0 aromatic carbocycles.